The number of ketones is 1. The standard InChI is InChI=1S/C17H19NO4S2/c1-17(2,3)16(21)18-9-11-6-7-13(24-11)12(19)10-22-15(20)14-5-4-8-23-14/h4-8H,9-10H2,1-3H3,(H,18,21). The summed E-state index contributed by atoms with van der Waals surface area (Å²) in [6.07, 6.45) is 0. The van der Waals surface area contributed by atoms with Gasteiger partial charge in [0.15, 0.2) is 6.61 Å². The third kappa shape index (κ3) is 5.01. The number of Topliss-reactive ketones (excluding diaryl/α,β-unsaturated/α-hetero) is 1. The zero-order valence-corrected chi connectivity index (χ0v) is 15.4. The summed E-state index contributed by atoms with van der Waals surface area (Å²) >= 11 is 2.56. The van der Waals surface area contributed by atoms with Gasteiger partial charge < -0.3 is 10.1 Å². The third-order valence-electron chi connectivity index (χ3n) is 3.10. The molecule has 1 amide bonds. The smallest absolute Gasteiger partial charge is 0.348 e. The van der Waals surface area contributed by atoms with Crippen LogP contribution in [-0.2, 0) is 16.1 Å². The molecule has 0 saturated heterocycles. The summed E-state index contributed by atoms with van der Waals surface area (Å²) in [7, 11) is 0. The van der Waals surface area contributed by atoms with Crippen LogP contribution in [0.2, 0.25) is 0 Å². The van der Waals surface area contributed by atoms with E-state index < -0.39 is 11.4 Å². The minimum Gasteiger partial charge on any atom is -0.453 e. The summed E-state index contributed by atoms with van der Waals surface area (Å²) < 4.78 is 5.01. The van der Waals surface area contributed by atoms with Crippen molar-refractivity contribution in [3.8, 4) is 0 Å². The van der Waals surface area contributed by atoms with E-state index in [0.717, 1.165) is 4.88 Å². The van der Waals surface area contributed by atoms with Gasteiger partial charge in [-0.3, -0.25) is 9.59 Å². The molecule has 2 aromatic rings. The minimum atomic E-state index is -0.493. The molecule has 0 aliphatic heterocycles. The lowest BCUT2D eigenvalue weighted by Crippen LogP contribution is -2.34. The predicted octanol–water partition coefficient (Wildman–Crippen LogP) is 3.51. The Hall–Kier alpha value is -1.99. The number of esters is 1. The van der Waals surface area contributed by atoms with E-state index in [1.807, 2.05) is 20.8 Å². The van der Waals surface area contributed by atoms with Gasteiger partial charge in [-0.25, -0.2) is 4.79 Å². The Morgan fingerprint density at radius 3 is 2.50 bits per heavy atom. The van der Waals surface area contributed by atoms with Crippen molar-refractivity contribution in [1.82, 2.24) is 5.32 Å². The van der Waals surface area contributed by atoms with Gasteiger partial charge in [-0.05, 0) is 23.6 Å². The Balaban J connectivity index is 1.85. The van der Waals surface area contributed by atoms with Crippen molar-refractivity contribution in [2.75, 3.05) is 6.61 Å². The van der Waals surface area contributed by atoms with Crippen LogP contribution in [0.3, 0.4) is 0 Å². The average molecular weight is 365 g/mol. The normalized spacial score (nSPS) is 11.1. The topological polar surface area (TPSA) is 72.5 Å². The summed E-state index contributed by atoms with van der Waals surface area (Å²) in [5, 5.41) is 4.61. The highest BCUT2D eigenvalue weighted by Crippen LogP contribution is 2.19. The van der Waals surface area contributed by atoms with Crippen LogP contribution in [0.25, 0.3) is 0 Å². The number of carbonyl (C=O) groups is 3. The van der Waals surface area contributed by atoms with Gasteiger partial charge in [0.05, 0.1) is 11.4 Å². The van der Waals surface area contributed by atoms with E-state index in [2.05, 4.69) is 5.32 Å². The maximum Gasteiger partial charge on any atom is 0.348 e. The fourth-order valence-corrected chi connectivity index (χ4v) is 3.21. The molecule has 0 atom stereocenters. The lowest BCUT2D eigenvalue weighted by atomic mass is 9.96. The van der Waals surface area contributed by atoms with Crippen molar-refractivity contribution in [2.24, 2.45) is 5.41 Å². The molecule has 0 radical (unpaired) electrons. The first-order valence-electron chi connectivity index (χ1n) is 7.38. The molecular formula is C17H19NO4S2. The number of thiophene rings is 2. The molecule has 0 saturated carbocycles. The van der Waals surface area contributed by atoms with Crippen LogP contribution < -0.4 is 5.32 Å². The summed E-state index contributed by atoms with van der Waals surface area (Å²) in [5.74, 6) is -0.792. The molecular weight excluding hydrogens is 346 g/mol. The van der Waals surface area contributed by atoms with E-state index in [0.29, 0.717) is 16.3 Å². The van der Waals surface area contributed by atoms with Crippen molar-refractivity contribution in [3.05, 3.63) is 44.3 Å². The molecule has 0 aliphatic carbocycles. The van der Waals surface area contributed by atoms with Gasteiger partial charge in [-0.15, -0.1) is 22.7 Å². The highest BCUT2D eigenvalue weighted by Gasteiger charge is 2.21. The maximum absolute atomic E-state index is 12.1. The fraction of sp³-hybridized carbons (Fsp3) is 0.353. The second kappa shape index (κ2) is 7.72. The number of hydrogen-bond donors (Lipinski definition) is 1. The summed E-state index contributed by atoms with van der Waals surface area (Å²) in [6.45, 7) is 5.61. The number of nitrogens with one attached hydrogen (secondary N) is 1. The summed E-state index contributed by atoms with van der Waals surface area (Å²) in [4.78, 5) is 37.5. The van der Waals surface area contributed by atoms with Crippen molar-refractivity contribution >= 4 is 40.3 Å². The molecule has 0 aromatic carbocycles. The monoisotopic (exact) mass is 365 g/mol. The van der Waals surface area contributed by atoms with Crippen molar-refractivity contribution in [2.45, 2.75) is 27.3 Å². The Morgan fingerprint density at radius 2 is 1.88 bits per heavy atom. The Morgan fingerprint density at radius 1 is 1.12 bits per heavy atom. The zero-order valence-electron chi connectivity index (χ0n) is 13.8. The number of rotatable bonds is 6. The number of ether oxygens (including phenoxy) is 1. The first kappa shape index (κ1) is 18.4. The van der Waals surface area contributed by atoms with Gasteiger partial charge in [0, 0.05) is 10.3 Å². The van der Waals surface area contributed by atoms with Gasteiger partial charge in [-0.2, -0.15) is 0 Å². The molecule has 0 bridgehead atoms. The lowest BCUT2D eigenvalue weighted by molar-refractivity contribution is -0.128. The van der Waals surface area contributed by atoms with E-state index in [-0.39, 0.29) is 18.3 Å². The molecule has 0 unspecified atom stereocenters. The molecule has 1 N–H and O–H groups in total. The van der Waals surface area contributed by atoms with E-state index in [9.17, 15) is 14.4 Å². The van der Waals surface area contributed by atoms with Crippen LogP contribution in [0.1, 0.15) is 45.0 Å². The Labute approximate surface area is 148 Å². The summed E-state index contributed by atoms with van der Waals surface area (Å²) in [5.41, 5.74) is -0.452. The molecule has 5 nitrogen and oxygen atoms in total. The first-order chi connectivity index (χ1) is 11.3. The van der Waals surface area contributed by atoms with E-state index in [1.165, 1.54) is 22.7 Å². The quantitative estimate of drug-likeness (QED) is 0.628. The van der Waals surface area contributed by atoms with Crippen LogP contribution in [0.4, 0.5) is 0 Å². The molecule has 2 aromatic heterocycles. The molecule has 2 rings (SSSR count). The minimum absolute atomic E-state index is 0.0475. The number of hydrogen-bond acceptors (Lipinski definition) is 6. The molecule has 0 aliphatic rings. The first-order valence-corrected chi connectivity index (χ1v) is 9.08. The highest BCUT2D eigenvalue weighted by atomic mass is 32.1. The number of carbonyl (C=O) groups excluding carboxylic acids is 3. The molecule has 0 fully saturated rings. The van der Waals surface area contributed by atoms with Crippen molar-refractivity contribution < 1.29 is 19.1 Å². The van der Waals surface area contributed by atoms with Crippen molar-refractivity contribution in [3.63, 3.8) is 0 Å². The van der Waals surface area contributed by atoms with Gasteiger partial charge >= 0.3 is 5.97 Å². The number of amides is 1. The van der Waals surface area contributed by atoms with Crippen LogP contribution in [0.5, 0.6) is 0 Å². The van der Waals surface area contributed by atoms with Gasteiger partial charge in [0.1, 0.15) is 4.88 Å². The van der Waals surface area contributed by atoms with Gasteiger partial charge in [-0.1, -0.05) is 26.8 Å². The largest absolute Gasteiger partial charge is 0.453 e. The Bertz CT molecular complexity index is 726. The maximum atomic E-state index is 12.1. The van der Waals surface area contributed by atoms with Gasteiger partial charge in [0.25, 0.3) is 0 Å². The fourth-order valence-electron chi connectivity index (χ4n) is 1.72. The van der Waals surface area contributed by atoms with Crippen LogP contribution in [0, 0.1) is 5.41 Å². The van der Waals surface area contributed by atoms with Crippen LogP contribution in [-0.4, -0.2) is 24.3 Å². The third-order valence-corrected chi connectivity index (χ3v) is 5.07. The second-order valence-corrected chi connectivity index (χ2v) is 8.29. The predicted molar refractivity (Wildman–Crippen MR) is 94.6 cm³/mol. The lowest BCUT2D eigenvalue weighted by Gasteiger charge is -2.17. The SMILES string of the molecule is CC(C)(C)C(=O)NCc1ccc(C(=O)COC(=O)c2cccs2)s1. The van der Waals surface area contributed by atoms with E-state index in [4.69, 9.17) is 4.74 Å². The van der Waals surface area contributed by atoms with Crippen LogP contribution >= 0.6 is 22.7 Å². The molecule has 2 heterocycles. The molecule has 24 heavy (non-hydrogen) atoms. The van der Waals surface area contributed by atoms with Crippen LogP contribution in [0.15, 0.2) is 29.6 Å². The molecule has 128 valence electrons. The zero-order chi connectivity index (χ0) is 17.7. The average Bonchev–Trinajstić information content (AvgIpc) is 3.20. The summed E-state index contributed by atoms with van der Waals surface area (Å²) in [6, 6.07) is 6.88. The van der Waals surface area contributed by atoms with E-state index >= 15 is 0 Å². The van der Waals surface area contributed by atoms with Gasteiger partial charge in [0.2, 0.25) is 11.7 Å². The second-order valence-electron chi connectivity index (χ2n) is 6.18. The molecule has 0 spiro atoms. The van der Waals surface area contributed by atoms with Crippen molar-refractivity contribution in [1.29, 1.82) is 0 Å². The van der Waals surface area contributed by atoms with E-state index in [1.54, 1.807) is 29.6 Å². The molecule has 7 heteroatoms. The Kier molecular flexibility index (Phi) is 5.90. The highest BCUT2D eigenvalue weighted by molar-refractivity contribution is 7.14.